The first kappa shape index (κ1) is 20.5. The lowest BCUT2D eigenvalue weighted by molar-refractivity contribution is -0.384. The van der Waals surface area contributed by atoms with Crippen molar-refractivity contribution in [3.05, 3.63) is 99.9 Å². The van der Waals surface area contributed by atoms with Crippen LogP contribution < -0.4 is 5.32 Å². The monoisotopic (exact) mass is 416 g/mol. The lowest BCUT2D eigenvalue weighted by Gasteiger charge is -2.29. The molecule has 0 bridgehead atoms. The van der Waals surface area contributed by atoms with Crippen molar-refractivity contribution in [1.82, 2.24) is 9.88 Å². The largest absolute Gasteiger partial charge is 0.377 e. The third kappa shape index (κ3) is 4.88. The maximum Gasteiger partial charge on any atom is 0.293 e. The van der Waals surface area contributed by atoms with Crippen LogP contribution in [0.3, 0.4) is 0 Å². The fourth-order valence-electron chi connectivity index (χ4n) is 3.50. The van der Waals surface area contributed by atoms with Gasteiger partial charge in [0.1, 0.15) is 5.69 Å². The van der Waals surface area contributed by atoms with Gasteiger partial charge in [-0.05, 0) is 49.6 Å². The van der Waals surface area contributed by atoms with Gasteiger partial charge in [0, 0.05) is 30.4 Å². The van der Waals surface area contributed by atoms with Gasteiger partial charge in [-0.3, -0.25) is 19.9 Å². The van der Waals surface area contributed by atoms with Crippen molar-refractivity contribution >= 4 is 17.3 Å². The van der Waals surface area contributed by atoms with Crippen LogP contribution in [0.4, 0.5) is 11.4 Å². The van der Waals surface area contributed by atoms with E-state index in [9.17, 15) is 14.9 Å². The Bertz CT molecular complexity index is 1070. The highest BCUT2D eigenvalue weighted by atomic mass is 16.6. The van der Waals surface area contributed by atoms with Crippen LogP contribution in [-0.4, -0.2) is 26.8 Å². The number of nitrogens with zero attached hydrogens (tertiary/aromatic N) is 3. The molecule has 1 N–H and O–H groups in total. The van der Waals surface area contributed by atoms with E-state index in [1.165, 1.54) is 6.07 Å². The molecule has 0 saturated heterocycles. The van der Waals surface area contributed by atoms with Crippen LogP contribution in [0.15, 0.2) is 72.9 Å². The topological polar surface area (TPSA) is 88.4 Å². The van der Waals surface area contributed by atoms with E-state index in [0.29, 0.717) is 12.2 Å². The third-order valence-corrected chi connectivity index (χ3v) is 5.42. The number of hydrogen-bond acceptors (Lipinski definition) is 5. The molecular formula is C24H24N4O3. The minimum absolute atomic E-state index is 0.0806. The predicted octanol–water partition coefficient (Wildman–Crippen LogP) is 4.97. The maximum atomic E-state index is 13.5. The normalized spacial score (nSPS) is 14.0. The summed E-state index contributed by atoms with van der Waals surface area (Å²) in [4.78, 5) is 30.8. The summed E-state index contributed by atoms with van der Waals surface area (Å²) < 4.78 is 0. The van der Waals surface area contributed by atoms with Crippen molar-refractivity contribution in [2.75, 3.05) is 5.32 Å². The first-order valence-corrected chi connectivity index (χ1v) is 10.3. The molecular weight excluding hydrogens is 392 g/mol. The maximum absolute atomic E-state index is 13.5. The van der Waals surface area contributed by atoms with Crippen molar-refractivity contribution in [3.63, 3.8) is 0 Å². The Labute approximate surface area is 180 Å². The second-order valence-corrected chi connectivity index (χ2v) is 7.76. The quantitative estimate of drug-likeness (QED) is 0.414. The molecule has 0 spiro atoms. The van der Waals surface area contributed by atoms with Gasteiger partial charge in [-0.15, -0.1) is 0 Å². The van der Waals surface area contributed by atoms with Crippen molar-refractivity contribution in [2.45, 2.75) is 38.4 Å². The molecule has 1 fully saturated rings. The number of pyridine rings is 1. The zero-order valence-corrected chi connectivity index (χ0v) is 17.3. The van der Waals surface area contributed by atoms with Crippen LogP contribution in [-0.2, 0) is 6.54 Å². The van der Waals surface area contributed by atoms with E-state index < -0.39 is 4.92 Å². The number of aromatic nitrogens is 1. The van der Waals surface area contributed by atoms with E-state index in [0.717, 1.165) is 24.1 Å². The van der Waals surface area contributed by atoms with Crippen LogP contribution in [0.5, 0.6) is 0 Å². The van der Waals surface area contributed by atoms with Crippen LogP contribution in [0, 0.1) is 10.1 Å². The van der Waals surface area contributed by atoms with Gasteiger partial charge in [-0.2, -0.15) is 0 Å². The summed E-state index contributed by atoms with van der Waals surface area (Å²) in [6.45, 7) is 2.29. The van der Waals surface area contributed by atoms with Crippen molar-refractivity contribution in [2.24, 2.45) is 0 Å². The van der Waals surface area contributed by atoms with E-state index in [2.05, 4.69) is 10.3 Å². The molecule has 1 heterocycles. The zero-order chi connectivity index (χ0) is 21.8. The molecule has 7 heteroatoms. The van der Waals surface area contributed by atoms with Crippen molar-refractivity contribution in [3.8, 4) is 0 Å². The van der Waals surface area contributed by atoms with Crippen LogP contribution >= 0.6 is 0 Å². The summed E-state index contributed by atoms with van der Waals surface area (Å²) in [5, 5.41) is 14.8. The van der Waals surface area contributed by atoms with E-state index in [1.54, 1.807) is 23.2 Å². The Morgan fingerprint density at radius 1 is 1.16 bits per heavy atom. The van der Waals surface area contributed by atoms with Gasteiger partial charge in [0.2, 0.25) is 0 Å². The molecule has 2 aromatic carbocycles. The first-order valence-electron chi connectivity index (χ1n) is 10.3. The number of nitro groups is 1. The summed E-state index contributed by atoms with van der Waals surface area (Å²) >= 11 is 0. The first-order chi connectivity index (χ1) is 15.0. The predicted molar refractivity (Wildman–Crippen MR) is 119 cm³/mol. The zero-order valence-electron chi connectivity index (χ0n) is 17.3. The number of nitrogens with one attached hydrogen (secondary N) is 1. The SMILES string of the molecule is CC(c1ccccn1)N(Cc1ccccc1)C(=O)c1ccc(NC2CC2)c([N+](=O)[O-])c1. The van der Waals surface area contributed by atoms with Crippen LogP contribution in [0.2, 0.25) is 0 Å². The summed E-state index contributed by atoms with van der Waals surface area (Å²) in [6, 6.07) is 19.9. The van der Waals surface area contributed by atoms with Crippen LogP contribution in [0.1, 0.15) is 47.4 Å². The lowest BCUT2D eigenvalue weighted by Crippen LogP contribution is -2.33. The molecule has 1 aliphatic rings. The van der Waals surface area contributed by atoms with E-state index >= 15 is 0 Å². The Balaban J connectivity index is 1.67. The number of nitro benzene ring substituents is 1. The minimum atomic E-state index is -0.439. The lowest BCUT2D eigenvalue weighted by atomic mass is 10.1. The molecule has 158 valence electrons. The molecule has 1 amide bonds. The van der Waals surface area contributed by atoms with Gasteiger partial charge in [0.15, 0.2) is 0 Å². The van der Waals surface area contributed by atoms with Gasteiger partial charge in [0.05, 0.1) is 16.7 Å². The highest BCUT2D eigenvalue weighted by Crippen LogP contribution is 2.32. The summed E-state index contributed by atoms with van der Waals surface area (Å²) in [7, 11) is 0. The standard InChI is InChI=1S/C24H24N4O3/c1-17(21-9-5-6-14-25-21)27(16-18-7-3-2-4-8-18)24(29)19-10-13-22(26-20-11-12-20)23(15-19)28(30)31/h2-10,13-15,17,20,26H,11-12,16H2,1H3. The molecule has 7 nitrogen and oxygen atoms in total. The molecule has 4 rings (SSSR count). The van der Waals surface area contributed by atoms with Gasteiger partial charge in [-0.25, -0.2) is 0 Å². The number of hydrogen-bond donors (Lipinski definition) is 1. The summed E-state index contributed by atoms with van der Waals surface area (Å²) in [5.74, 6) is -0.275. The number of carbonyl (C=O) groups excluding carboxylic acids is 1. The molecule has 1 saturated carbocycles. The average Bonchev–Trinajstić information content (AvgIpc) is 3.62. The number of anilines is 1. The van der Waals surface area contributed by atoms with Gasteiger partial charge < -0.3 is 10.2 Å². The van der Waals surface area contributed by atoms with Crippen molar-refractivity contribution < 1.29 is 9.72 Å². The van der Waals surface area contributed by atoms with E-state index in [-0.39, 0.29) is 29.2 Å². The number of benzene rings is 2. The Hall–Kier alpha value is -3.74. The van der Waals surface area contributed by atoms with Gasteiger partial charge in [-0.1, -0.05) is 36.4 Å². The second-order valence-electron chi connectivity index (χ2n) is 7.76. The van der Waals surface area contributed by atoms with Crippen LogP contribution in [0.25, 0.3) is 0 Å². The molecule has 1 aromatic heterocycles. The van der Waals surface area contributed by atoms with E-state index in [1.807, 2.05) is 55.5 Å². The summed E-state index contributed by atoms with van der Waals surface area (Å²) in [5.41, 5.74) is 2.39. The molecule has 1 atom stereocenters. The van der Waals surface area contributed by atoms with Gasteiger partial charge >= 0.3 is 0 Å². The average molecular weight is 416 g/mol. The molecule has 3 aromatic rings. The summed E-state index contributed by atoms with van der Waals surface area (Å²) in [6.07, 6.45) is 3.70. The number of rotatable bonds is 8. The fraction of sp³-hybridized carbons (Fsp3) is 0.250. The van der Waals surface area contributed by atoms with Gasteiger partial charge in [0.25, 0.3) is 11.6 Å². The fourth-order valence-corrected chi connectivity index (χ4v) is 3.50. The molecule has 31 heavy (non-hydrogen) atoms. The molecule has 1 unspecified atom stereocenters. The third-order valence-electron chi connectivity index (χ3n) is 5.42. The van der Waals surface area contributed by atoms with E-state index in [4.69, 9.17) is 0 Å². The molecule has 1 aliphatic carbocycles. The Morgan fingerprint density at radius 3 is 2.55 bits per heavy atom. The minimum Gasteiger partial charge on any atom is -0.377 e. The highest BCUT2D eigenvalue weighted by molar-refractivity contribution is 5.96. The molecule has 0 aliphatic heterocycles. The highest BCUT2D eigenvalue weighted by Gasteiger charge is 2.28. The number of amides is 1. The second kappa shape index (κ2) is 8.95. The Morgan fingerprint density at radius 2 is 1.90 bits per heavy atom. The Kier molecular flexibility index (Phi) is 5.93. The smallest absolute Gasteiger partial charge is 0.293 e. The van der Waals surface area contributed by atoms with Crippen molar-refractivity contribution in [1.29, 1.82) is 0 Å². The number of carbonyl (C=O) groups is 1. The molecule has 0 radical (unpaired) electrons.